The van der Waals surface area contributed by atoms with Crippen LogP contribution in [0.2, 0.25) is 0 Å². The van der Waals surface area contributed by atoms with Crippen LogP contribution >= 0.6 is 0 Å². The van der Waals surface area contributed by atoms with Crippen molar-refractivity contribution in [3.05, 3.63) is 34.1 Å². The summed E-state index contributed by atoms with van der Waals surface area (Å²) in [5.74, 6) is -6.81. The first-order valence-electron chi connectivity index (χ1n) is 4.99. The minimum atomic E-state index is -5.09. The molecule has 1 aromatic carbocycles. The Morgan fingerprint density at radius 3 is 2.50 bits per heavy atom. The van der Waals surface area contributed by atoms with Crippen molar-refractivity contribution in [3.63, 3.8) is 0 Å². The molecule has 0 aliphatic rings. The lowest BCUT2D eigenvalue weighted by molar-refractivity contribution is -0.386. The predicted molar refractivity (Wildman–Crippen MR) is 55.7 cm³/mol. The first-order valence-corrected chi connectivity index (χ1v) is 4.99. The molecule has 10 heteroatoms. The van der Waals surface area contributed by atoms with E-state index in [1.54, 1.807) is 0 Å². The highest BCUT2D eigenvalue weighted by Crippen LogP contribution is 2.31. The predicted octanol–water partition coefficient (Wildman–Crippen LogP) is 2.38. The smallest absolute Gasteiger partial charge is 0.405 e. The van der Waals surface area contributed by atoms with Gasteiger partial charge in [0.1, 0.15) is 12.4 Å². The van der Waals surface area contributed by atoms with Crippen LogP contribution in [0.15, 0.2) is 18.2 Å². The second-order valence-corrected chi connectivity index (χ2v) is 3.61. The molecule has 0 amide bonds. The molecule has 0 aromatic heterocycles. The Morgan fingerprint density at radius 1 is 1.45 bits per heavy atom. The highest BCUT2D eigenvalue weighted by molar-refractivity contribution is 5.71. The van der Waals surface area contributed by atoms with E-state index in [9.17, 15) is 32.5 Å². The SMILES string of the molecule is O=C(O)C(COc1cc(F)ccc1[N+](=O)[O-])C(F)(F)F. The summed E-state index contributed by atoms with van der Waals surface area (Å²) in [5, 5.41) is 19.0. The van der Waals surface area contributed by atoms with E-state index in [4.69, 9.17) is 5.11 Å². The third kappa shape index (κ3) is 3.80. The fourth-order valence-electron chi connectivity index (χ4n) is 1.23. The number of carboxylic acid groups (broad SMARTS) is 1. The van der Waals surface area contributed by atoms with Crippen molar-refractivity contribution in [2.75, 3.05) is 6.61 Å². The van der Waals surface area contributed by atoms with Crippen molar-refractivity contribution in [1.82, 2.24) is 0 Å². The zero-order valence-corrected chi connectivity index (χ0v) is 9.56. The number of hydrogen-bond donors (Lipinski definition) is 1. The molecule has 6 nitrogen and oxygen atoms in total. The zero-order valence-electron chi connectivity index (χ0n) is 9.56. The topological polar surface area (TPSA) is 89.7 Å². The summed E-state index contributed by atoms with van der Waals surface area (Å²) in [6, 6.07) is 1.94. The maximum Gasteiger partial charge on any atom is 0.405 e. The minimum Gasteiger partial charge on any atom is -0.485 e. The van der Waals surface area contributed by atoms with Crippen LogP contribution in [0.4, 0.5) is 23.2 Å². The average Bonchev–Trinajstić information content (AvgIpc) is 2.26. The van der Waals surface area contributed by atoms with E-state index in [0.717, 1.165) is 6.07 Å². The van der Waals surface area contributed by atoms with Crippen LogP contribution in [-0.4, -0.2) is 28.8 Å². The largest absolute Gasteiger partial charge is 0.485 e. The minimum absolute atomic E-state index is 0.507. The molecule has 0 fully saturated rings. The van der Waals surface area contributed by atoms with E-state index < -0.39 is 46.8 Å². The summed E-state index contributed by atoms with van der Waals surface area (Å²) in [6.07, 6.45) is -5.09. The Hall–Kier alpha value is -2.39. The third-order valence-electron chi connectivity index (χ3n) is 2.22. The van der Waals surface area contributed by atoms with Gasteiger partial charge < -0.3 is 9.84 Å². The molecule has 0 bridgehead atoms. The molecular formula is C10H7F4NO5. The third-order valence-corrected chi connectivity index (χ3v) is 2.22. The summed E-state index contributed by atoms with van der Waals surface area (Å²) in [4.78, 5) is 20.0. The average molecular weight is 297 g/mol. The lowest BCUT2D eigenvalue weighted by Crippen LogP contribution is -2.35. The number of carboxylic acids is 1. The summed E-state index contributed by atoms with van der Waals surface area (Å²) in [7, 11) is 0. The molecule has 1 rings (SSSR count). The van der Waals surface area contributed by atoms with E-state index in [1.807, 2.05) is 0 Å². The van der Waals surface area contributed by atoms with Crippen LogP contribution in [-0.2, 0) is 4.79 Å². The molecular weight excluding hydrogens is 290 g/mol. The number of nitrogens with zero attached hydrogens (tertiary/aromatic N) is 1. The second-order valence-electron chi connectivity index (χ2n) is 3.61. The van der Waals surface area contributed by atoms with Crippen molar-refractivity contribution < 1.29 is 37.1 Å². The highest BCUT2D eigenvalue weighted by atomic mass is 19.4. The zero-order chi connectivity index (χ0) is 15.5. The van der Waals surface area contributed by atoms with Gasteiger partial charge in [-0.15, -0.1) is 0 Å². The Balaban J connectivity index is 2.96. The molecule has 1 aromatic rings. The number of rotatable bonds is 5. The molecule has 0 saturated carbocycles. The maximum absolute atomic E-state index is 12.9. The molecule has 0 heterocycles. The molecule has 1 N–H and O–H groups in total. The normalized spacial score (nSPS) is 12.8. The number of nitro groups is 1. The van der Waals surface area contributed by atoms with Gasteiger partial charge >= 0.3 is 17.8 Å². The fraction of sp³-hybridized carbons (Fsp3) is 0.300. The molecule has 0 spiro atoms. The Morgan fingerprint density at radius 2 is 2.05 bits per heavy atom. The summed E-state index contributed by atoms with van der Waals surface area (Å²) >= 11 is 0. The van der Waals surface area contributed by atoms with Crippen molar-refractivity contribution in [2.45, 2.75) is 6.18 Å². The van der Waals surface area contributed by atoms with Gasteiger partial charge in [0.05, 0.1) is 4.92 Å². The Labute approximate surface area is 108 Å². The van der Waals surface area contributed by atoms with Crippen molar-refractivity contribution in [1.29, 1.82) is 0 Å². The quantitative estimate of drug-likeness (QED) is 0.512. The van der Waals surface area contributed by atoms with E-state index in [0.29, 0.717) is 12.1 Å². The number of nitro benzene ring substituents is 1. The fourth-order valence-corrected chi connectivity index (χ4v) is 1.23. The molecule has 0 saturated heterocycles. The number of ether oxygens (including phenoxy) is 1. The van der Waals surface area contributed by atoms with Gasteiger partial charge in [-0.25, -0.2) is 4.39 Å². The van der Waals surface area contributed by atoms with E-state index in [2.05, 4.69) is 4.74 Å². The lowest BCUT2D eigenvalue weighted by Gasteiger charge is -2.16. The van der Waals surface area contributed by atoms with Gasteiger partial charge in [-0.3, -0.25) is 14.9 Å². The molecule has 110 valence electrons. The number of alkyl halides is 3. The van der Waals surface area contributed by atoms with Gasteiger partial charge in [0, 0.05) is 12.1 Å². The van der Waals surface area contributed by atoms with Gasteiger partial charge in [0.25, 0.3) is 0 Å². The first-order chi connectivity index (χ1) is 9.12. The van der Waals surface area contributed by atoms with Gasteiger partial charge in [0.2, 0.25) is 0 Å². The monoisotopic (exact) mass is 297 g/mol. The van der Waals surface area contributed by atoms with Gasteiger partial charge in [-0.1, -0.05) is 0 Å². The van der Waals surface area contributed by atoms with Crippen LogP contribution in [0, 0.1) is 21.8 Å². The van der Waals surface area contributed by atoms with E-state index in [1.165, 1.54) is 0 Å². The van der Waals surface area contributed by atoms with Crippen LogP contribution in [0.3, 0.4) is 0 Å². The first kappa shape index (κ1) is 15.7. The molecule has 0 aliphatic carbocycles. The molecule has 0 aliphatic heterocycles. The number of benzene rings is 1. The van der Waals surface area contributed by atoms with Crippen LogP contribution in [0.25, 0.3) is 0 Å². The van der Waals surface area contributed by atoms with E-state index >= 15 is 0 Å². The van der Waals surface area contributed by atoms with Crippen LogP contribution in [0.5, 0.6) is 5.75 Å². The molecule has 1 atom stereocenters. The Bertz CT molecular complexity index is 531. The van der Waals surface area contributed by atoms with Crippen LogP contribution < -0.4 is 4.74 Å². The standard InChI is InChI=1S/C10H7F4NO5/c11-5-1-2-7(15(18)19)8(3-5)20-4-6(9(16)17)10(12,13)14/h1-3,6H,4H2,(H,16,17). The van der Waals surface area contributed by atoms with Crippen LogP contribution in [0.1, 0.15) is 0 Å². The van der Waals surface area contributed by atoms with E-state index in [-0.39, 0.29) is 0 Å². The summed E-state index contributed by atoms with van der Waals surface area (Å²) in [6.45, 7) is -1.40. The van der Waals surface area contributed by atoms with Gasteiger partial charge in [0.15, 0.2) is 11.7 Å². The highest BCUT2D eigenvalue weighted by Gasteiger charge is 2.46. The summed E-state index contributed by atoms with van der Waals surface area (Å²) < 4.78 is 54.4. The Kier molecular flexibility index (Phi) is 4.48. The second kappa shape index (κ2) is 5.72. The van der Waals surface area contributed by atoms with Crippen molar-refractivity contribution >= 4 is 11.7 Å². The summed E-state index contributed by atoms with van der Waals surface area (Å²) in [5.41, 5.74) is -0.766. The number of hydrogen-bond acceptors (Lipinski definition) is 4. The molecule has 0 radical (unpaired) electrons. The van der Waals surface area contributed by atoms with Gasteiger partial charge in [-0.05, 0) is 6.07 Å². The number of aliphatic carboxylic acids is 1. The maximum atomic E-state index is 12.9. The number of halogens is 4. The van der Waals surface area contributed by atoms with Crippen molar-refractivity contribution in [3.8, 4) is 5.75 Å². The number of carbonyl (C=O) groups is 1. The lowest BCUT2D eigenvalue weighted by atomic mass is 10.1. The molecule has 20 heavy (non-hydrogen) atoms. The van der Waals surface area contributed by atoms with Gasteiger partial charge in [-0.2, -0.15) is 13.2 Å². The van der Waals surface area contributed by atoms with Crippen molar-refractivity contribution in [2.24, 2.45) is 5.92 Å². The molecule has 1 unspecified atom stereocenters.